The Kier molecular flexibility index (Phi) is 8.25. The van der Waals surface area contributed by atoms with E-state index in [0.717, 1.165) is 18.2 Å². The summed E-state index contributed by atoms with van der Waals surface area (Å²) in [4.78, 5) is 34.0. The third-order valence-corrected chi connectivity index (χ3v) is 7.41. The van der Waals surface area contributed by atoms with Crippen LogP contribution in [0, 0.1) is 29.8 Å². The fraction of sp³-hybridized carbons (Fsp3) is 0.393. The number of nitrogens with one attached hydrogen (secondary N) is 1. The molecule has 11 heteroatoms. The summed E-state index contributed by atoms with van der Waals surface area (Å²) in [5.74, 6) is -3.92. The summed E-state index contributed by atoms with van der Waals surface area (Å²) >= 11 is 0. The van der Waals surface area contributed by atoms with Gasteiger partial charge in [0.05, 0.1) is 17.2 Å². The summed E-state index contributed by atoms with van der Waals surface area (Å²) in [7, 11) is 2.99. The molecule has 2 aromatic carbocycles. The third kappa shape index (κ3) is 5.76. The molecule has 0 aliphatic carbocycles. The summed E-state index contributed by atoms with van der Waals surface area (Å²) in [6, 6.07) is 5.32. The fourth-order valence-corrected chi connectivity index (χ4v) is 5.23. The van der Waals surface area contributed by atoms with Crippen molar-refractivity contribution < 1.29 is 27.2 Å². The predicted molar refractivity (Wildman–Crippen MR) is 136 cm³/mol. The van der Waals surface area contributed by atoms with Gasteiger partial charge in [-0.2, -0.15) is 0 Å². The first kappa shape index (κ1) is 28.1. The minimum absolute atomic E-state index is 0.215. The van der Waals surface area contributed by atoms with Gasteiger partial charge in [0.2, 0.25) is 0 Å². The van der Waals surface area contributed by atoms with Crippen molar-refractivity contribution in [3.8, 4) is 0 Å². The molecule has 2 aliphatic rings. The van der Waals surface area contributed by atoms with Crippen molar-refractivity contribution in [1.29, 1.82) is 0 Å². The molecule has 0 bridgehead atoms. The monoisotopic (exact) mass is 543 g/mol. The van der Waals surface area contributed by atoms with Gasteiger partial charge in [0, 0.05) is 58.8 Å². The molecule has 1 fully saturated rings. The van der Waals surface area contributed by atoms with Crippen LogP contribution in [0.5, 0.6) is 0 Å². The van der Waals surface area contributed by atoms with Crippen LogP contribution in [0.15, 0.2) is 48.2 Å². The summed E-state index contributed by atoms with van der Waals surface area (Å²) in [5, 5.41) is 2.84. The number of amides is 3. The average Bonchev–Trinajstić information content (AvgIpc) is 2.91. The molecule has 7 nitrogen and oxygen atoms in total. The van der Waals surface area contributed by atoms with Crippen molar-refractivity contribution in [2.45, 2.75) is 30.8 Å². The van der Waals surface area contributed by atoms with E-state index in [4.69, 9.17) is 6.57 Å². The highest BCUT2D eigenvalue weighted by molar-refractivity contribution is 5.97. The van der Waals surface area contributed by atoms with E-state index in [2.05, 4.69) is 15.1 Å². The van der Waals surface area contributed by atoms with Gasteiger partial charge in [0.1, 0.15) is 11.6 Å². The molecule has 4 rings (SSSR count). The summed E-state index contributed by atoms with van der Waals surface area (Å²) in [6.45, 7) is 9.73. The molecular formula is C28H29F4N5O2. The van der Waals surface area contributed by atoms with Crippen LogP contribution in [0.2, 0.25) is 0 Å². The number of hydrogen-bond acceptors (Lipinski definition) is 3. The van der Waals surface area contributed by atoms with E-state index in [1.807, 2.05) is 0 Å². The molecule has 206 valence electrons. The molecule has 2 heterocycles. The van der Waals surface area contributed by atoms with Gasteiger partial charge in [-0.25, -0.2) is 28.9 Å². The van der Waals surface area contributed by atoms with Gasteiger partial charge in [0.15, 0.2) is 11.6 Å². The zero-order valence-corrected chi connectivity index (χ0v) is 21.7. The Balaban J connectivity index is 1.34. The number of likely N-dealkylation sites (tertiary alicyclic amines) is 1. The molecule has 1 unspecified atom stereocenters. The maximum absolute atomic E-state index is 14.4. The number of carbonyl (C=O) groups excluding carboxylic acids is 2. The minimum atomic E-state index is -1.07. The molecule has 3 amide bonds. The van der Waals surface area contributed by atoms with Crippen LogP contribution in [0.25, 0.3) is 4.85 Å². The second-order valence-corrected chi connectivity index (χ2v) is 9.88. The van der Waals surface area contributed by atoms with Gasteiger partial charge >= 0.3 is 6.03 Å². The molecule has 2 aromatic rings. The van der Waals surface area contributed by atoms with Crippen LogP contribution in [0.3, 0.4) is 0 Å². The molecular weight excluding hydrogens is 514 g/mol. The van der Waals surface area contributed by atoms with Gasteiger partial charge < -0.3 is 24.9 Å². The maximum Gasteiger partial charge on any atom is 0.324 e. The molecule has 0 saturated carbocycles. The quantitative estimate of drug-likeness (QED) is 0.316. The van der Waals surface area contributed by atoms with Gasteiger partial charge in [0.25, 0.3) is 11.4 Å². The molecule has 1 saturated heterocycles. The Labute approximate surface area is 224 Å². The van der Waals surface area contributed by atoms with Crippen LogP contribution >= 0.6 is 0 Å². The van der Waals surface area contributed by atoms with E-state index in [1.165, 1.54) is 48.3 Å². The number of rotatable bonds is 7. The Morgan fingerprint density at radius 3 is 2.41 bits per heavy atom. The van der Waals surface area contributed by atoms with Crippen molar-refractivity contribution in [2.24, 2.45) is 0 Å². The largest absolute Gasteiger partial charge is 0.352 e. The first-order valence-corrected chi connectivity index (χ1v) is 12.6. The molecule has 1 atom stereocenters. The first-order valence-electron chi connectivity index (χ1n) is 12.6. The smallest absolute Gasteiger partial charge is 0.324 e. The lowest BCUT2D eigenvalue weighted by atomic mass is 9.81. The SMILES string of the molecule is [C-]#[N+]C1(c2ccc(F)cc2F)CCN(CCCNC(=O)C2=CN(C)C(=O)N(C)C2c2ccc(F)c(F)c2)CC1. The predicted octanol–water partition coefficient (Wildman–Crippen LogP) is 4.58. The van der Waals surface area contributed by atoms with Crippen LogP contribution < -0.4 is 5.32 Å². The van der Waals surface area contributed by atoms with E-state index in [0.29, 0.717) is 45.4 Å². The van der Waals surface area contributed by atoms with Crippen molar-refractivity contribution in [1.82, 2.24) is 20.0 Å². The van der Waals surface area contributed by atoms with Crippen LogP contribution in [-0.4, -0.2) is 66.9 Å². The standard InChI is InChI=1S/C28H29F4N5O2/c1-33-28(21-7-6-19(29)16-23(21)31)9-13-37(14-10-28)12-4-11-34-26(38)20-17-35(2)27(39)36(3)25(20)18-5-8-22(30)24(32)15-18/h5-8,15-17,25H,4,9-14H2,2-3H3,(H,34,38). The lowest BCUT2D eigenvalue weighted by Crippen LogP contribution is -2.46. The van der Waals surface area contributed by atoms with Crippen molar-refractivity contribution in [3.05, 3.63) is 94.0 Å². The number of carbonyl (C=O) groups is 2. The van der Waals surface area contributed by atoms with Crippen LogP contribution in [-0.2, 0) is 10.3 Å². The highest BCUT2D eigenvalue weighted by atomic mass is 19.2. The second-order valence-electron chi connectivity index (χ2n) is 9.88. The van der Waals surface area contributed by atoms with E-state index in [1.54, 1.807) is 0 Å². The number of likely N-dealkylation sites (N-methyl/N-ethyl adjacent to an activating group) is 1. The maximum atomic E-state index is 14.4. The normalized spacial score (nSPS) is 19.5. The highest BCUT2D eigenvalue weighted by Gasteiger charge is 2.44. The Morgan fingerprint density at radius 1 is 1.05 bits per heavy atom. The minimum Gasteiger partial charge on any atom is -0.352 e. The second kappa shape index (κ2) is 11.5. The number of urea groups is 1. The van der Waals surface area contributed by atoms with Crippen molar-refractivity contribution in [2.75, 3.05) is 40.3 Å². The van der Waals surface area contributed by atoms with Gasteiger partial charge in [-0.05, 0) is 42.8 Å². The van der Waals surface area contributed by atoms with Crippen LogP contribution in [0.1, 0.15) is 36.4 Å². The zero-order valence-electron chi connectivity index (χ0n) is 21.7. The number of nitrogens with zero attached hydrogens (tertiary/aromatic N) is 4. The number of benzene rings is 2. The fourth-order valence-electron chi connectivity index (χ4n) is 5.23. The van der Waals surface area contributed by atoms with E-state index >= 15 is 0 Å². The first-order chi connectivity index (χ1) is 18.6. The third-order valence-electron chi connectivity index (χ3n) is 7.41. The average molecular weight is 544 g/mol. The molecule has 0 aromatic heterocycles. The highest BCUT2D eigenvalue weighted by Crippen LogP contribution is 2.38. The van der Waals surface area contributed by atoms with E-state index in [9.17, 15) is 27.2 Å². The van der Waals surface area contributed by atoms with Gasteiger partial charge in [-0.3, -0.25) is 4.79 Å². The Hall–Kier alpha value is -3.91. The van der Waals surface area contributed by atoms with Gasteiger partial charge in [-0.1, -0.05) is 6.07 Å². The van der Waals surface area contributed by atoms with Gasteiger partial charge in [-0.15, -0.1) is 0 Å². The Morgan fingerprint density at radius 2 is 1.77 bits per heavy atom. The Bertz CT molecular complexity index is 1330. The number of piperidine rings is 1. The summed E-state index contributed by atoms with van der Waals surface area (Å²) < 4.78 is 55.1. The molecule has 2 aliphatic heterocycles. The van der Waals surface area contributed by atoms with Crippen molar-refractivity contribution >= 4 is 11.9 Å². The number of hydrogen-bond donors (Lipinski definition) is 1. The van der Waals surface area contributed by atoms with Crippen LogP contribution in [0.4, 0.5) is 22.4 Å². The summed E-state index contributed by atoms with van der Waals surface area (Å²) in [5.41, 5.74) is -0.323. The lowest BCUT2D eigenvalue weighted by Gasteiger charge is -2.37. The topological polar surface area (TPSA) is 60.3 Å². The molecule has 1 N–H and O–H groups in total. The molecule has 0 spiro atoms. The molecule has 39 heavy (non-hydrogen) atoms. The summed E-state index contributed by atoms with van der Waals surface area (Å²) in [6.07, 6.45) is 2.80. The lowest BCUT2D eigenvalue weighted by molar-refractivity contribution is -0.118. The number of halogens is 4. The van der Waals surface area contributed by atoms with E-state index < -0.39 is 46.8 Å². The zero-order chi connectivity index (χ0) is 28.3. The van der Waals surface area contributed by atoms with Crippen molar-refractivity contribution in [3.63, 3.8) is 0 Å². The molecule has 0 radical (unpaired) electrons. The van der Waals surface area contributed by atoms with E-state index in [-0.39, 0.29) is 16.7 Å².